The number of carbonyl (C=O) groups excluding carboxylic acids is 1. The van der Waals surface area contributed by atoms with Crippen LogP contribution in [-0.2, 0) is 13.0 Å². The molecule has 0 bridgehead atoms. The minimum Gasteiger partial charge on any atom is -0.390 e. The van der Waals surface area contributed by atoms with Crippen LogP contribution in [-0.4, -0.2) is 48.6 Å². The summed E-state index contributed by atoms with van der Waals surface area (Å²) < 4.78 is 0. The van der Waals surface area contributed by atoms with Gasteiger partial charge < -0.3 is 15.3 Å². The number of hydrogen-bond donors (Lipinski definition) is 2. The van der Waals surface area contributed by atoms with E-state index in [1.807, 2.05) is 25.1 Å². The van der Waals surface area contributed by atoms with Crippen molar-refractivity contribution in [2.24, 2.45) is 0 Å². The Morgan fingerprint density at radius 1 is 1.47 bits per heavy atom. The normalized spacial score (nSPS) is 10.6. The molecule has 94 valence electrons. The molecular formula is C12H19N3O2. The topological polar surface area (TPSA) is 65.5 Å². The molecule has 0 saturated carbocycles. The number of amides is 1. The number of rotatable bonds is 5. The molecule has 0 saturated heterocycles. The first-order chi connectivity index (χ1) is 8.08. The standard InChI is InChI=1S/C12H19N3O2/c1-13-12(17)11-9(6-7-15(2)3)4-5-10(8-16)14-11/h4-5,16H,6-8H2,1-3H3,(H,13,17). The van der Waals surface area contributed by atoms with Gasteiger partial charge in [0.05, 0.1) is 12.3 Å². The predicted molar refractivity (Wildman–Crippen MR) is 65.8 cm³/mol. The van der Waals surface area contributed by atoms with Gasteiger partial charge in [0.25, 0.3) is 5.91 Å². The summed E-state index contributed by atoms with van der Waals surface area (Å²) in [5.74, 6) is -0.214. The zero-order valence-corrected chi connectivity index (χ0v) is 10.5. The number of pyridine rings is 1. The summed E-state index contributed by atoms with van der Waals surface area (Å²) in [5.41, 5.74) is 1.81. The lowest BCUT2D eigenvalue weighted by Gasteiger charge is -2.12. The van der Waals surface area contributed by atoms with E-state index in [0.717, 1.165) is 18.5 Å². The van der Waals surface area contributed by atoms with E-state index in [2.05, 4.69) is 10.3 Å². The van der Waals surface area contributed by atoms with Crippen molar-refractivity contribution < 1.29 is 9.90 Å². The average Bonchev–Trinajstić information content (AvgIpc) is 2.35. The van der Waals surface area contributed by atoms with Crippen LogP contribution in [0, 0.1) is 0 Å². The van der Waals surface area contributed by atoms with Crippen molar-refractivity contribution in [2.45, 2.75) is 13.0 Å². The number of hydrogen-bond acceptors (Lipinski definition) is 4. The summed E-state index contributed by atoms with van der Waals surface area (Å²) in [5, 5.41) is 11.6. The van der Waals surface area contributed by atoms with Gasteiger partial charge >= 0.3 is 0 Å². The summed E-state index contributed by atoms with van der Waals surface area (Å²) in [7, 11) is 5.54. The molecule has 5 heteroatoms. The molecule has 1 amide bonds. The molecule has 17 heavy (non-hydrogen) atoms. The van der Waals surface area contributed by atoms with Crippen LogP contribution in [0.15, 0.2) is 12.1 Å². The summed E-state index contributed by atoms with van der Waals surface area (Å²) >= 11 is 0. The van der Waals surface area contributed by atoms with Crippen molar-refractivity contribution in [3.8, 4) is 0 Å². The van der Waals surface area contributed by atoms with Crippen LogP contribution in [0.5, 0.6) is 0 Å². The maximum Gasteiger partial charge on any atom is 0.269 e. The average molecular weight is 237 g/mol. The second-order valence-electron chi connectivity index (χ2n) is 4.10. The Morgan fingerprint density at radius 2 is 2.18 bits per heavy atom. The van der Waals surface area contributed by atoms with Crippen molar-refractivity contribution in [1.29, 1.82) is 0 Å². The second-order valence-corrected chi connectivity index (χ2v) is 4.10. The van der Waals surface area contributed by atoms with Gasteiger partial charge in [-0.05, 0) is 32.1 Å². The molecule has 0 atom stereocenters. The minimum atomic E-state index is -0.214. The largest absolute Gasteiger partial charge is 0.390 e. The zero-order valence-electron chi connectivity index (χ0n) is 10.5. The Kier molecular flexibility index (Phi) is 5.06. The quantitative estimate of drug-likeness (QED) is 0.759. The Hall–Kier alpha value is -1.46. The van der Waals surface area contributed by atoms with Crippen molar-refractivity contribution in [2.75, 3.05) is 27.7 Å². The van der Waals surface area contributed by atoms with E-state index in [0.29, 0.717) is 11.4 Å². The maximum atomic E-state index is 11.7. The van der Waals surface area contributed by atoms with Crippen molar-refractivity contribution >= 4 is 5.91 Å². The monoisotopic (exact) mass is 237 g/mol. The number of carbonyl (C=O) groups is 1. The number of nitrogens with one attached hydrogen (secondary N) is 1. The van der Waals surface area contributed by atoms with Gasteiger partial charge in [0.2, 0.25) is 0 Å². The molecule has 1 rings (SSSR count). The van der Waals surface area contributed by atoms with Gasteiger partial charge in [0, 0.05) is 13.6 Å². The molecule has 0 aliphatic rings. The van der Waals surface area contributed by atoms with E-state index in [1.165, 1.54) is 0 Å². The predicted octanol–water partition coefficient (Wildman–Crippen LogP) is 0.0376. The second kappa shape index (κ2) is 6.32. The third-order valence-electron chi connectivity index (χ3n) is 2.47. The van der Waals surface area contributed by atoms with Crippen LogP contribution in [0.4, 0.5) is 0 Å². The first kappa shape index (κ1) is 13.6. The van der Waals surface area contributed by atoms with Gasteiger partial charge in [0.1, 0.15) is 5.69 Å². The fourth-order valence-corrected chi connectivity index (χ4v) is 1.48. The van der Waals surface area contributed by atoms with Crippen molar-refractivity contribution in [3.05, 3.63) is 29.1 Å². The Bertz CT molecular complexity index is 391. The first-order valence-corrected chi connectivity index (χ1v) is 5.55. The SMILES string of the molecule is CNC(=O)c1nc(CO)ccc1CCN(C)C. The fourth-order valence-electron chi connectivity index (χ4n) is 1.48. The number of likely N-dealkylation sites (N-methyl/N-ethyl adjacent to an activating group) is 1. The third-order valence-corrected chi connectivity index (χ3v) is 2.47. The zero-order chi connectivity index (χ0) is 12.8. The summed E-state index contributed by atoms with van der Waals surface area (Å²) in [4.78, 5) is 17.9. The van der Waals surface area contributed by atoms with E-state index in [9.17, 15) is 4.79 Å². The minimum absolute atomic E-state index is 0.155. The van der Waals surface area contributed by atoms with Crippen LogP contribution in [0.25, 0.3) is 0 Å². The Balaban J connectivity index is 2.98. The molecule has 0 unspecified atom stereocenters. The number of aliphatic hydroxyl groups is 1. The molecule has 0 radical (unpaired) electrons. The molecule has 1 aromatic rings. The molecule has 1 heterocycles. The van der Waals surface area contributed by atoms with Crippen LogP contribution in [0.2, 0.25) is 0 Å². The van der Waals surface area contributed by atoms with Crippen molar-refractivity contribution in [1.82, 2.24) is 15.2 Å². The molecule has 0 aliphatic heterocycles. The van der Waals surface area contributed by atoms with Gasteiger partial charge in [-0.1, -0.05) is 6.07 Å². The van der Waals surface area contributed by atoms with Crippen LogP contribution < -0.4 is 5.32 Å². The lowest BCUT2D eigenvalue weighted by molar-refractivity contribution is 0.0956. The molecule has 0 aromatic carbocycles. The van der Waals surface area contributed by atoms with Gasteiger partial charge in [0.15, 0.2) is 0 Å². The maximum absolute atomic E-state index is 11.7. The first-order valence-electron chi connectivity index (χ1n) is 5.55. The highest BCUT2D eigenvalue weighted by molar-refractivity contribution is 5.93. The lowest BCUT2D eigenvalue weighted by Crippen LogP contribution is -2.23. The van der Waals surface area contributed by atoms with Gasteiger partial charge in [-0.15, -0.1) is 0 Å². The van der Waals surface area contributed by atoms with Crippen LogP contribution in [0.3, 0.4) is 0 Å². The van der Waals surface area contributed by atoms with Crippen LogP contribution >= 0.6 is 0 Å². The van der Waals surface area contributed by atoms with E-state index < -0.39 is 0 Å². The number of nitrogens with zero attached hydrogens (tertiary/aromatic N) is 2. The van der Waals surface area contributed by atoms with E-state index in [4.69, 9.17) is 5.11 Å². The van der Waals surface area contributed by atoms with Gasteiger partial charge in [-0.3, -0.25) is 4.79 Å². The molecule has 0 spiro atoms. The van der Waals surface area contributed by atoms with Gasteiger partial charge in [-0.25, -0.2) is 4.98 Å². The van der Waals surface area contributed by atoms with Crippen LogP contribution in [0.1, 0.15) is 21.7 Å². The highest BCUT2D eigenvalue weighted by Crippen LogP contribution is 2.09. The molecular weight excluding hydrogens is 218 g/mol. The van der Waals surface area contributed by atoms with Crippen molar-refractivity contribution in [3.63, 3.8) is 0 Å². The summed E-state index contributed by atoms with van der Waals surface area (Å²) in [6.45, 7) is 0.697. The van der Waals surface area contributed by atoms with Gasteiger partial charge in [-0.2, -0.15) is 0 Å². The lowest BCUT2D eigenvalue weighted by atomic mass is 10.1. The van der Waals surface area contributed by atoms with E-state index in [-0.39, 0.29) is 12.5 Å². The number of aliphatic hydroxyl groups excluding tert-OH is 1. The Morgan fingerprint density at radius 3 is 2.71 bits per heavy atom. The fraction of sp³-hybridized carbons (Fsp3) is 0.500. The molecule has 1 aromatic heterocycles. The smallest absolute Gasteiger partial charge is 0.269 e. The summed E-state index contributed by atoms with van der Waals surface area (Å²) in [6.07, 6.45) is 0.758. The molecule has 0 aliphatic carbocycles. The summed E-state index contributed by atoms with van der Waals surface area (Å²) in [6, 6.07) is 3.60. The Labute approximate surface area is 101 Å². The molecule has 0 fully saturated rings. The number of aromatic nitrogens is 1. The van der Waals surface area contributed by atoms with E-state index in [1.54, 1.807) is 13.1 Å². The highest BCUT2D eigenvalue weighted by atomic mass is 16.3. The highest BCUT2D eigenvalue weighted by Gasteiger charge is 2.12. The van der Waals surface area contributed by atoms with E-state index >= 15 is 0 Å². The molecule has 5 nitrogen and oxygen atoms in total. The molecule has 2 N–H and O–H groups in total. The third kappa shape index (κ3) is 3.80.